The molecule has 0 atom stereocenters. The zero-order valence-electron chi connectivity index (χ0n) is 11.1. The van der Waals surface area contributed by atoms with Crippen LogP contribution in [0.2, 0.25) is 0 Å². The molecule has 0 aliphatic rings. The molecule has 0 bridgehead atoms. The molecule has 1 amide bonds. The molecule has 0 aliphatic carbocycles. The first-order valence-corrected chi connectivity index (χ1v) is 7.11. The Balaban J connectivity index is 2.01. The van der Waals surface area contributed by atoms with Gasteiger partial charge in [0.25, 0.3) is 5.91 Å². The van der Waals surface area contributed by atoms with Crippen molar-refractivity contribution >= 4 is 22.9 Å². The number of rotatable bonds is 5. The van der Waals surface area contributed by atoms with Gasteiger partial charge in [-0.1, -0.05) is 26.0 Å². The molecule has 1 aromatic carbocycles. The van der Waals surface area contributed by atoms with Crippen LogP contribution in [-0.4, -0.2) is 12.5 Å². The van der Waals surface area contributed by atoms with E-state index in [0.717, 1.165) is 11.4 Å². The molecule has 1 N–H and O–H groups in total. The van der Waals surface area contributed by atoms with Gasteiger partial charge in [0.2, 0.25) is 0 Å². The summed E-state index contributed by atoms with van der Waals surface area (Å²) in [6.07, 6.45) is 0. The molecule has 4 heteroatoms. The molecule has 0 aliphatic heterocycles. The molecular weight excluding hydrogens is 258 g/mol. The summed E-state index contributed by atoms with van der Waals surface area (Å²) in [4.78, 5) is 12.6. The van der Waals surface area contributed by atoms with E-state index >= 15 is 0 Å². The highest BCUT2D eigenvalue weighted by Crippen LogP contribution is 2.19. The maximum absolute atomic E-state index is 11.9. The van der Waals surface area contributed by atoms with Crippen LogP contribution in [0.3, 0.4) is 0 Å². The van der Waals surface area contributed by atoms with E-state index in [4.69, 9.17) is 4.74 Å². The fraction of sp³-hybridized carbons (Fsp3) is 0.267. The molecule has 2 aromatic rings. The first kappa shape index (κ1) is 13.6. The highest BCUT2D eigenvalue weighted by Gasteiger charge is 2.07. The van der Waals surface area contributed by atoms with Crippen LogP contribution in [0.5, 0.6) is 5.75 Å². The first-order valence-electron chi connectivity index (χ1n) is 6.23. The average molecular weight is 275 g/mol. The number of benzene rings is 1. The van der Waals surface area contributed by atoms with Crippen LogP contribution in [0, 0.1) is 5.92 Å². The molecular formula is C15H17NO2S. The van der Waals surface area contributed by atoms with Crippen LogP contribution in [0.25, 0.3) is 0 Å². The number of thiophene rings is 1. The van der Waals surface area contributed by atoms with Gasteiger partial charge in [0, 0.05) is 11.8 Å². The van der Waals surface area contributed by atoms with E-state index in [2.05, 4.69) is 19.2 Å². The normalized spacial score (nSPS) is 10.5. The van der Waals surface area contributed by atoms with Gasteiger partial charge in [-0.05, 0) is 29.5 Å². The molecule has 0 fully saturated rings. The van der Waals surface area contributed by atoms with Crippen LogP contribution < -0.4 is 10.1 Å². The van der Waals surface area contributed by atoms with Gasteiger partial charge in [0.15, 0.2) is 0 Å². The number of amides is 1. The number of hydrogen-bond acceptors (Lipinski definition) is 3. The lowest BCUT2D eigenvalue weighted by Crippen LogP contribution is -2.10. The van der Waals surface area contributed by atoms with Gasteiger partial charge in [0.1, 0.15) is 5.75 Å². The second-order valence-corrected chi connectivity index (χ2v) is 5.61. The van der Waals surface area contributed by atoms with Crippen molar-refractivity contribution in [1.29, 1.82) is 0 Å². The standard InChI is InChI=1S/C15H17NO2S/c1-11(2)10-18-13-6-3-5-12(9-13)16-15(17)14-7-4-8-19-14/h3-9,11H,10H2,1-2H3,(H,16,17). The average Bonchev–Trinajstić information content (AvgIpc) is 2.91. The van der Waals surface area contributed by atoms with Crippen molar-refractivity contribution in [3.8, 4) is 5.75 Å². The molecule has 2 rings (SSSR count). The van der Waals surface area contributed by atoms with Gasteiger partial charge in [-0.15, -0.1) is 11.3 Å². The highest BCUT2D eigenvalue weighted by molar-refractivity contribution is 7.12. The van der Waals surface area contributed by atoms with E-state index in [1.165, 1.54) is 11.3 Å². The Labute approximate surface area is 117 Å². The van der Waals surface area contributed by atoms with Gasteiger partial charge in [-0.2, -0.15) is 0 Å². The predicted molar refractivity (Wildman–Crippen MR) is 79.0 cm³/mol. The molecule has 0 saturated heterocycles. The lowest BCUT2D eigenvalue weighted by Gasteiger charge is -2.10. The molecule has 0 saturated carbocycles. The summed E-state index contributed by atoms with van der Waals surface area (Å²) < 4.78 is 5.63. The smallest absolute Gasteiger partial charge is 0.265 e. The summed E-state index contributed by atoms with van der Waals surface area (Å²) in [6.45, 7) is 4.87. The van der Waals surface area contributed by atoms with E-state index < -0.39 is 0 Å². The number of nitrogens with one attached hydrogen (secondary N) is 1. The monoisotopic (exact) mass is 275 g/mol. The van der Waals surface area contributed by atoms with Crippen LogP contribution in [0.4, 0.5) is 5.69 Å². The van der Waals surface area contributed by atoms with Crippen LogP contribution in [0.15, 0.2) is 41.8 Å². The Kier molecular flexibility index (Phi) is 4.58. The van der Waals surface area contributed by atoms with Gasteiger partial charge < -0.3 is 10.1 Å². The first-order chi connectivity index (χ1) is 9.15. The van der Waals surface area contributed by atoms with Crippen molar-refractivity contribution in [1.82, 2.24) is 0 Å². The minimum absolute atomic E-state index is 0.0870. The van der Waals surface area contributed by atoms with Gasteiger partial charge in [-0.3, -0.25) is 4.79 Å². The minimum Gasteiger partial charge on any atom is -0.493 e. The molecule has 0 spiro atoms. The third-order valence-corrected chi connectivity index (χ3v) is 3.29. The Hall–Kier alpha value is -1.81. The zero-order valence-corrected chi connectivity index (χ0v) is 11.9. The van der Waals surface area contributed by atoms with E-state index in [9.17, 15) is 4.79 Å². The lowest BCUT2D eigenvalue weighted by atomic mass is 10.2. The second-order valence-electron chi connectivity index (χ2n) is 4.66. The number of anilines is 1. The molecule has 1 heterocycles. The second kappa shape index (κ2) is 6.38. The zero-order chi connectivity index (χ0) is 13.7. The summed E-state index contributed by atoms with van der Waals surface area (Å²) in [5.41, 5.74) is 0.750. The summed E-state index contributed by atoms with van der Waals surface area (Å²) in [7, 11) is 0. The Bertz CT molecular complexity index is 535. The molecule has 0 unspecified atom stereocenters. The van der Waals surface area contributed by atoms with Crippen LogP contribution in [-0.2, 0) is 0 Å². The van der Waals surface area contributed by atoms with Crippen molar-refractivity contribution in [3.63, 3.8) is 0 Å². The largest absolute Gasteiger partial charge is 0.493 e. The Morgan fingerprint density at radius 2 is 2.16 bits per heavy atom. The number of hydrogen-bond donors (Lipinski definition) is 1. The van der Waals surface area contributed by atoms with Crippen molar-refractivity contribution in [2.24, 2.45) is 5.92 Å². The van der Waals surface area contributed by atoms with E-state index in [1.54, 1.807) is 6.07 Å². The fourth-order valence-electron chi connectivity index (χ4n) is 1.53. The molecule has 19 heavy (non-hydrogen) atoms. The summed E-state index contributed by atoms with van der Waals surface area (Å²) in [5, 5.41) is 4.75. The summed E-state index contributed by atoms with van der Waals surface area (Å²) in [5.74, 6) is 1.16. The molecule has 100 valence electrons. The van der Waals surface area contributed by atoms with E-state index in [0.29, 0.717) is 17.4 Å². The van der Waals surface area contributed by atoms with Crippen molar-refractivity contribution in [2.45, 2.75) is 13.8 Å². The quantitative estimate of drug-likeness (QED) is 0.894. The van der Waals surface area contributed by atoms with E-state index in [-0.39, 0.29) is 5.91 Å². The van der Waals surface area contributed by atoms with Crippen molar-refractivity contribution in [3.05, 3.63) is 46.7 Å². The van der Waals surface area contributed by atoms with Crippen LogP contribution >= 0.6 is 11.3 Å². The van der Waals surface area contributed by atoms with Crippen molar-refractivity contribution < 1.29 is 9.53 Å². The van der Waals surface area contributed by atoms with Gasteiger partial charge in [-0.25, -0.2) is 0 Å². The van der Waals surface area contributed by atoms with Crippen molar-refractivity contribution in [2.75, 3.05) is 11.9 Å². The third kappa shape index (κ3) is 4.10. The summed E-state index contributed by atoms with van der Waals surface area (Å²) in [6, 6.07) is 11.1. The van der Waals surface area contributed by atoms with E-state index in [1.807, 2.05) is 35.7 Å². The Morgan fingerprint density at radius 3 is 2.84 bits per heavy atom. The van der Waals surface area contributed by atoms with Gasteiger partial charge in [0.05, 0.1) is 11.5 Å². The topological polar surface area (TPSA) is 38.3 Å². The third-order valence-electron chi connectivity index (χ3n) is 2.42. The number of carbonyl (C=O) groups excluding carboxylic acids is 1. The molecule has 1 aromatic heterocycles. The summed E-state index contributed by atoms with van der Waals surface area (Å²) >= 11 is 1.43. The van der Waals surface area contributed by atoms with Crippen LogP contribution in [0.1, 0.15) is 23.5 Å². The lowest BCUT2D eigenvalue weighted by molar-refractivity contribution is 0.103. The highest BCUT2D eigenvalue weighted by atomic mass is 32.1. The molecule has 0 radical (unpaired) electrons. The maximum atomic E-state index is 11.9. The minimum atomic E-state index is -0.0870. The Morgan fingerprint density at radius 1 is 1.32 bits per heavy atom. The number of ether oxygens (including phenoxy) is 1. The SMILES string of the molecule is CC(C)COc1cccc(NC(=O)c2cccs2)c1. The predicted octanol–water partition coefficient (Wildman–Crippen LogP) is 4.04. The molecule has 3 nitrogen and oxygen atoms in total. The number of carbonyl (C=O) groups is 1. The van der Waals surface area contributed by atoms with Gasteiger partial charge >= 0.3 is 0 Å². The maximum Gasteiger partial charge on any atom is 0.265 e. The fourth-order valence-corrected chi connectivity index (χ4v) is 2.15.